The van der Waals surface area contributed by atoms with Gasteiger partial charge in [0.15, 0.2) is 0 Å². The second-order valence-electron chi connectivity index (χ2n) is 6.07. The Labute approximate surface area is 134 Å². The molecule has 122 valence electrons. The van der Waals surface area contributed by atoms with Crippen molar-refractivity contribution in [2.75, 3.05) is 13.7 Å². The molecule has 0 unspecified atom stereocenters. The summed E-state index contributed by atoms with van der Waals surface area (Å²) in [7, 11) is 1.37. The van der Waals surface area contributed by atoms with E-state index in [1.54, 1.807) is 17.0 Å². The predicted octanol–water partition coefficient (Wildman–Crippen LogP) is 3.04. The van der Waals surface area contributed by atoms with Gasteiger partial charge in [0.1, 0.15) is 0 Å². The van der Waals surface area contributed by atoms with Crippen molar-refractivity contribution in [1.29, 1.82) is 0 Å². The van der Waals surface area contributed by atoms with Crippen molar-refractivity contribution in [3.05, 3.63) is 35.0 Å². The van der Waals surface area contributed by atoms with Crippen LogP contribution in [0, 0.1) is 0 Å². The summed E-state index contributed by atoms with van der Waals surface area (Å²) in [6.45, 7) is 5.27. The molecule has 0 bridgehead atoms. The van der Waals surface area contributed by atoms with Crippen molar-refractivity contribution < 1.29 is 19.4 Å². The van der Waals surface area contributed by atoms with E-state index in [4.69, 9.17) is 4.74 Å². The Morgan fingerprint density at radius 3 is 2.65 bits per heavy atom. The zero-order valence-electron chi connectivity index (χ0n) is 13.5. The molecule has 6 heteroatoms. The molecule has 1 N–H and O–H groups in total. The summed E-state index contributed by atoms with van der Waals surface area (Å²) in [5.74, 6) is -0.946. The van der Waals surface area contributed by atoms with Crippen LogP contribution in [0.15, 0.2) is 18.2 Å². The first kappa shape index (κ1) is 15.4. The summed E-state index contributed by atoms with van der Waals surface area (Å²) >= 11 is 0. The van der Waals surface area contributed by atoms with Gasteiger partial charge in [0, 0.05) is 41.2 Å². The van der Waals surface area contributed by atoms with E-state index in [9.17, 15) is 14.7 Å². The van der Waals surface area contributed by atoms with Gasteiger partial charge in [-0.2, -0.15) is 0 Å². The van der Waals surface area contributed by atoms with Crippen molar-refractivity contribution in [2.45, 2.75) is 32.9 Å². The monoisotopic (exact) mass is 316 g/mol. The molecule has 0 saturated heterocycles. The molecule has 0 spiro atoms. The molecule has 0 saturated carbocycles. The first-order chi connectivity index (χ1) is 10.9. The molecule has 1 aromatic carbocycles. The SMILES string of the molecule is COC(=O)N1CCc2c(c3cc(C(=O)O)ccc3n2C(C)C)C1. The van der Waals surface area contributed by atoms with Gasteiger partial charge >= 0.3 is 12.1 Å². The molecule has 0 radical (unpaired) electrons. The van der Waals surface area contributed by atoms with E-state index in [0.29, 0.717) is 13.1 Å². The van der Waals surface area contributed by atoms with Crippen molar-refractivity contribution in [2.24, 2.45) is 0 Å². The van der Waals surface area contributed by atoms with Crippen LogP contribution < -0.4 is 0 Å². The molecule has 0 fully saturated rings. The Bertz CT molecular complexity index is 791. The lowest BCUT2D eigenvalue weighted by atomic mass is 10.0. The summed E-state index contributed by atoms with van der Waals surface area (Å²) in [4.78, 5) is 24.8. The van der Waals surface area contributed by atoms with Gasteiger partial charge in [-0.25, -0.2) is 9.59 Å². The van der Waals surface area contributed by atoms with Crippen LogP contribution in [0.2, 0.25) is 0 Å². The molecule has 1 aliphatic rings. The first-order valence-electron chi connectivity index (χ1n) is 7.66. The zero-order chi connectivity index (χ0) is 16.7. The highest BCUT2D eigenvalue weighted by Crippen LogP contribution is 2.34. The van der Waals surface area contributed by atoms with Gasteiger partial charge in [0.2, 0.25) is 0 Å². The number of methoxy groups -OCH3 is 1. The number of carbonyl (C=O) groups is 2. The number of carboxylic acids is 1. The average Bonchev–Trinajstić information content (AvgIpc) is 2.86. The number of carbonyl (C=O) groups excluding carboxylic acids is 1. The summed E-state index contributed by atoms with van der Waals surface area (Å²) in [5, 5.41) is 10.2. The fourth-order valence-electron chi connectivity index (χ4n) is 3.40. The summed E-state index contributed by atoms with van der Waals surface area (Å²) < 4.78 is 7.06. The molecule has 6 nitrogen and oxygen atoms in total. The summed E-state index contributed by atoms with van der Waals surface area (Å²) in [6.07, 6.45) is 0.384. The van der Waals surface area contributed by atoms with Crippen molar-refractivity contribution in [1.82, 2.24) is 9.47 Å². The number of hydrogen-bond donors (Lipinski definition) is 1. The lowest BCUT2D eigenvalue weighted by molar-refractivity contribution is 0.0697. The van der Waals surface area contributed by atoms with Gasteiger partial charge in [-0.1, -0.05) is 0 Å². The fourth-order valence-corrected chi connectivity index (χ4v) is 3.40. The van der Waals surface area contributed by atoms with Crippen LogP contribution in [0.4, 0.5) is 4.79 Å². The van der Waals surface area contributed by atoms with E-state index in [1.807, 2.05) is 6.07 Å². The third-order valence-corrected chi connectivity index (χ3v) is 4.38. The molecule has 1 aliphatic heterocycles. The minimum atomic E-state index is -0.946. The quantitative estimate of drug-likeness (QED) is 0.924. The molecule has 0 aliphatic carbocycles. The number of hydrogen-bond acceptors (Lipinski definition) is 3. The van der Waals surface area contributed by atoms with Crippen LogP contribution in [0.5, 0.6) is 0 Å². The van der Waals surface area contributed by atoms with Gasteiger partial charge < -0.3 is 19.3 Å². The molecule has 0 atom stereocenters. The smallest absolute Gasteiger partial charge is 0.409 e. The van der Waals surface area contributed by atoms with E-state index in [2.05, 4.69) is 18.4 Å². The highest BCUT2D eigenvalue weighted by atomic mass is 16.5. The van der Waals surface area contributed by atoms with Crippen LogP contribution in [0.3, 0.4) is 0 Å². The maximum Gasteiger partial charge on any atom is 0.409 e. The Hall–Kier alpha value is -2.50. The van der Waals surface area contributed by atoms with Gasteiger partial charge in [0.05, 0.1) is 19.2 Å². The number of benzene rings is 1. The number of amides is 1. The lowest BCUT2D eigenvalue weighted by Crippen LogP contribution is -2.36. The van der Waals surface area contributed by atoms with Gasteiger partial charge in [-0.15, -0.1) is 0 Å². The minimum Gasteiger partial charge on any atom is -0.478 e. The van der Waals surface area contributed by atoms with E-state index in [0.717, 1.165) is 22.9 Å². The summed E-state index contributed by atoms with van der Waals surface area (Å²) in [5.41, 5.74) is 3.48. The number of carboxylic acid groups (broad SMARTS) is 1. The maximum atomic E-state index is 11.8. The number of aromatic nitrogens is 1. The van der Waals surface area contributed by atoms with Gasteiger partial charge in [-0.05, 0) is 32.0 Å². The Morgan fingerprint density at radius 1 is 1.30 bits per heavy atom. The lowest BCUT2D eigenvalue weighted by Gasteiger charge is -2.27. The van der Waals surface area contributed by atoms with Gasteiger partial charge in [0.25, 0.3) is 0 Å². The Balaban J connectivity index is 2.20. The minimum absolute atomic E-state index is 0.261. The second-order valence-corrected chi connectivity index (χ2v) is 6.07. The van der Waals surface area contributed by atoms with Crippen LogP contribution in [-0.4, -0.2) is 40.3 Å². The standard InChI is InChI=1S/C17H20N2O4/c1-10(2)19-14-5-4-11(16(20)21)8-12(14)13-9-18(17(22)23-3)7-6-15(13)19/h4-5,8,10H,6-7,9H2,1-3H3,(H,20,21). The van der Waals surface area contributed by atoms with Crippen molar-refractivity contribution in [3.63, 3.8) is 0 Å². The number of fused-ring (bicyclic) bond motifs is 3. The number of aromatic carboxylic acids is 1. The second kappa shape index (κ2) is 5.61. The Kier molecular flexibility index (Phi) is 3.75. The zero-order valence-corrected chi connectivity index (χ0v) is 13.5. The number of rotatable bonds is 2. The topological polar surface area (TPSA) is 71.8 Å². The van der Waals surface area contributed by atoms with E-state index < -0.39 is 5.97 Å². The van der Waals surface area contributed by atoms with Crippen LogP contribution in [-0.2, 0) is 17.7 Å². The summed E-state index contributed by atoms with van der Waals surface area (Å²) in [6, 6.07) is 5.46. The third-order valence-electron chi connectivity index (χ3n) is 4.38. The van der Waals surface area contributed by atoms with E-state index in [-0.39, 0.29) is 17.7 Å². The van der Waals surface area contributed by atoms with Gasteiger partial charge in [-0.3, -0.25) is 0 Å². The Morgan fingerprint density at radius 2 is 2.04 bits per heavy atom. The average molecular weight is 316 g/mol. The highest BCUT2D eigenvalue weighted by Gasteiger charge is 2.28. The molecular weight excluding hydrogens is 296 g/mol. The van der Waals surface area contributed by atoms with Crippen molar-refractivity contribution >= 4 is 23.0 Å². The molecule has 3 rings (SSSR count). The van der Waals surface area contributed by atoms with Crippen LogP contribution in [0.1, 0.15) is 41.5 Å². The first-order valence-corrected chi connectivity index (χ1v) is 7.66. The molecule has 1 amide bonds. The largest absolute Gasteiger partial charge is 0.478 e. The number of ether oxygens (including phenoxy) is 1. The predicted molar refractivity (Wildman–Crippen MR) is 85.8 cm³/mol. The van der Waals surface area contributed by atoms with Crippen LogP contribution in [0.25, 0.3) is 10.9 Å². The third kappa shape index (κ3) is 2.44. The highest BCUT2D eigenvalue weighted by molar-refractivity contribution is 5.95. The van der Waals surface area contributed by atoms with Crippen LogP contribution >= 0.6 is 0 Å². The van der Waals surface area contributed by atoms with Crippen molar-refractivity contribution in [3.8, 4) is 0 Å². The molecular formula is C17H20N2O4. The fraction of sp³-hybridized carbons (Fsp3) is 0.412. The molecule has 1 aromatic heterocycles. The molecule has 23 heavy (non-hydrogen) atoms. The normalized spacial score (nSPS) is 14.2. The molecule has 2 heterocycles. The van der Waals surface area contributed by atoms with E-state index >= 15 is 0 Å². The maximum absolute atomic E-state index is 11.8. The number of nitrogens with zero attached hydrogens (tertiary/aromatic N) is 2. The molecule has 2 aromatic rings. The van der Waals surface area contributed by atoms with E-state index in [1.165, 1.54) is 12.8 Å².